The van der Waals surface area contributed by atoms with E-state index in [-0.39, 0.29) is 12.6 Å². The summed E-state index contributed by atoms with van der Waals surface area (Å²) in [6, 6.07) is 4.50. The number of rotatable bonds is 4. The van der Waals surface area contributed by atoms with Gasteiger partial charge in [-0.05, 0) is 53.7 Å². The molecule has 3 atom stereocenters. The average molecular weight is 302 g/mol. The quantitative estimate of drug-likeness (QED) is 0.897. The van der Waals surface area contributed by atoms with E-state index in [1.165, 1.54) is 12.8 Å². The zero-order valence-corrected chi connectivity index (χ0v) is 11.7. The minimum Gasteiger partial charge on any atom is -0.453 e. The average Bonchev–Trinajstić information content (AvgIpc) is 2.77. The third kappa shape index (κ3) is 3.33. The Kier molecular flexibility index (Phi) is 4.65. The van der Waals surface area contributed by atoms with Gasteiger partial charge in [0, 0.05) is 12.6 Å². The number of hydrogen-bond acceptors (Lipinski definition) is 3. The summed E-state index contributed by atoms with van der Waals surface area (Å²) in [7, 11) is 0. The van der Waals surface area contributed by atoms with Gasteiger partial charge in [0.05, 0.1) is 6.04 Å². The van der Waals surface area contributed by atoms with Crippen LogP contribution in [0.3, 0.4) is 0 Å². The van der Waals surface area contributed by atoms with Gasteiger partial charge in [-0.1, -0.05) is 12.8 Å². The summed E-state index contributed by atoms with van der Waals surface area (Å²) in [6.45, 7) is 2.39. The van der Waals surface area contributed by atoms with Crippen LogP contribution in [0.15, 0.2) is 21.2 Å². The minimum atomic E-state index is 0.193. The van der Waals surface area contributed by atoms with Gasteiger partial charge in [0.2, 0.25) is 0 Å². The van der Waals surface area contributed by atoms with Crippen molar-refractivity contribution in [1.29, 1.82) is 0 Å². The van der Waals surface area contributed by atoms with Crippen molar-refractivity contribution in [2.45, 2.75) is 44.7 Å². The first-order valence-electron chi connectivity index (χ1n) is 6.33. The standard InChI is InChI=1S/C13H20BrNO2/c1-9(12-6-7-13(14)17-12)15-11-5-3-2-4-10(11)8-16/h6-7,9-11,15-16H,2-5,8H2,1H3. The van der Waals surface area contributed by atoms with Gasteiger partial charge in [-0.25, -0.2) is 0 Å². The van der Waals surface area contributed by atoms with Crippen LogP contribution >= 0.6 is 15.9 Å². The Bertz CT molecular complexity index is 353. The van der Waals surface area contributed by atoms with E-state index < -0.39 is 0 Å². The van der Waals surface area contributed by atoms with Crippen LogP contribution in [0.25, 0.3) is 0 Å². The molecule has 0 aliphatic heterocycles. The smallest absolute Gasteiger partial charge is 0.169 e. The molecule has 0 saturated heterocycles. The molecule has 1 saturated carbocycles. The number of furan rings is 1. The Balaban J connectivity index is 1.94. The largest absolute Gasteiger partial charge is 0.453 e. The lowest BCUT2D eigenvalue weighted by Crippen LogP contribution is -2.41. The van der Waals surface area contributed by atoms with Crippen molar-refractivity contribution in [3.05, 3.63) is 22.6 Å². The van der Waals surface area contributed by atoms with Gasteiger partial charge in [0.15, 0.2) is 4.67 Å². The zero-order chi connectivity index (χ0) is 12.3. The fourth-order valence-electron chi connectivity index (χ4n) is 2.61. The third-order valence-electron chi connectivity index (χ3n) is 3.63. The number of halogens is 1. The van der Waals surface area contributed by atoms with E-state index in [0.29, 0.717) is 12.0 Å². The number of nitrogens with one attached hydrogen (secondary N) is 1. The van der Waals surface area contributed by atoms with E-state index in [0.717, 1.165) is 23.3 Å². The molecule has 3 nitrogen and oxygen atoms in total. The van der Waals surface area contributed by atoms with Gasteiger partial charge in [0.1, 0.15) is 5.76 Å². The van der Waals surface area contributed by atoms with Crippen molar-refractivity contribution in [3.63, 3.8) is 0 Å². The summed E-state index contributed by atoms with van der Waals surface area (Å²) >= 11 is 3.32. The topological polar surface area (TPSA) is 45.4 Å². The van der Waals surface area contributed by atoms with Crippen LogP contribution in [-0.4, -0.2) is 17.8 Å². The number of hydrogen-bond donors (Lipinski definition) is 2. The van der Waals surface area contributed by atoms with Crippen molar-refractivity contribution >= 4 is 15.9 Å². The van der Waals surface area contributed by atoms with Gasteiger partial charge >= 0.3 is 0 Å². The lowest BCUT2D eigenvalue weighted by Gasteiger charge is -2.32. The summed E-state index contributed by atoms with van der Waals surface area (Å²) in [6.07, 6.45) is 4.77. The highest BCUT2D eigenvalue weighted by Crippen LogP contribution is 2.27. The molecule has 2 rings (SSSR count). The Labute approximate surface area is 111 Å². The highest BCUT2D eigenvalue weighted by atomic mass is 79.9. The van der Waals surface area contributed by atoms with Crippen LogP contribution in [0.4, 0.5) is 0 Å². The van der Waals surface area contributed by atoms with E-state index in [2.05, 4.69) is 28.2 Å². The molecule has 1 aliphatic carbocycles. The molecular formula is C13H20BrNO2. The molecule has 1 heterocycles. The van der Waals surface area contributed by atoms with Gasteiger partial charge in [0.25, 0.3) is 0 Å². The van der Waals surface area contributed by atoms with Crippen LogP contribution in [0.2, 0.25) is 0 Å². The Morgan fingerprint density at radius 1 is 1.47 bits per heavy atom. The zero-order valence-electron chi connectivity index (χ0n) is 10.2. The van der Waals surface area contributed by atoms with Gasteiger partial charge in [-0.15, -0.1) is 0 Å². The van der Waals surface area contributed by atoms with Crippen molar-refractivity contribution in [3.8, 4) is 0 Å². The second-order valence-corrected chi connectivity index (χ2v) is 5.65. The normalized spacial score (nSPS) is 27.0. The minimum absolute atomic E-state index is 0.193. The predicted molar refractivity (Wildman–Crippen MR) is 70.8 cm³/mol. The van der Waals surface area contributed by atoms with Crippen LogP contribution in [0, 0.1) is 5.92 Å². The van der Waals surface area contributed by atoms with Crippen LogP contribution in [-0.2, 0) is 0 Å². The van der Waals surface area contributed by atoms with E-state index >= 15 is 0 Å². The van der Waals surface area contributed by atoms with E-state index in [1.54, 1.807) is 0 Å². The fraction of sp³-hybridized carbons (Fsp3) is 0.692. The molecule has 0 bridgehead atoms. The first kappa shape index (κ1) is 13.1. The Hall–Kier alpha value is -0.320. The first-order chi connectivity index (χ1) is 8.20. The lowest BCUT2D eigenvalue weighted by atomic mass is 9.84. The van der Waals surface area contributed by atoms with Crippen molar-refractivity contribution in [2.75, 3.05) is 6.61 Å². The maximum absolute atomic E-state index is 9.38. The van der Waals surface area contributed by atoms with E-state index in [9.17, 15) is 5.11 Å². The van der Waals surface area contributed by atoms with Crippen molar-refractivity contribution in [2.24, 2.45) is 5.92 Å². The molecule has 0 amide bonds. The molecule has 0 spiro atoms. The highest BCUT2D eigenvalue weighted by Gasteiger charge is 2.26. The maximum Gasteiger partial charge on any atom is 0.169 e. The molecule has 2 N–H and O–H groups in total. The van der Waals surface area contributed by atoms with Gasteiger partial charge in [-0.2, -0.15) is 0 Å². The van der Waals surface area contributed by atoms with Crippen LogP contribution < -0.4 is 5.32 Å². The van der Waals surface area contributed by atoms with Crippen molar-refractivity contribution in [1.82, 2.24) is 5.32 Å². The summed E-state index contributed by atoms with van der Waals surface area (Å²) in [5.74, 6) is 1.34. The van der Waals surface area contributed by atoms with Crippen molar-refractivity contribution < 1.29 is 9.52 Å². The predicted octanol–water partition coefficient (Wildman–Crippen LogP) is 3.24. The molecule has 4 heteroatoms. The third-order valence-corrected chi connectivity index (χ3v) is 4.05. The molecule has 1 aromatic rings. The monoisotopic (exact) mass is 301 g/mol. The van der Waals surface area contributed by atoms with Crippen LogP contribution in [0.1, 0.15) is 44.4 Å². The van der Waals surface area contributed by atoms with E-state index in [4.69, 9.17) is 4.42 Å². The molecule has 1 aromatic heterocycles. The molecule has 3 unspecified atom stereocenters. The molecule has 0 radical (unpaired) electrons. The first-order valence-corrected chi connectivity index (χ1v) is 7.12. The second kappa shape index (κ2) is 6.03. The van der Waals surface area contributed by atoms with Gasteiger partial charge < -0.3 is 14.8 Å². The molecule has 0 aromatic carbocycles. The molecule has 96 valence electrons. The van der Waals surface area contributed by atoms with Crippen LogP contribution in [0.5, 0.6) is 0 Å². The summed E-state index contributed by atoms with van der Waals surface area (Å²) in [5, 5.41) is 13.0. The Morgan fingerprint density at radius 2 is 2.24 bits per heavy atom. The van der Waals surface area contributed by atoms with Gasteiger partial charge in [-0.3, -0.25) is 0 Å². The lowest BCUT2D eigenvalue weighted by molar-refractivity contribution is 0.145. The summed E-state index contributed by atoms with van der Waals surface area (Å²) in [5.41, 5.74) is 0. The highest BCUT2D eigenvalue weighted by molar-refractivity contribution is 9.10. The number of aliphatic hydroxyl groups excluding tert-OH is 1. The number of aliphatic hydroxyl groups is 1. The molecule has 1 aliphatic rings. The van der Waals surface area contributed by atoms with E-state index in [1.807, 2.05) is 12.1 Å². The second-order valence-electron chi connectivity index (χ2n) is 4.86. The molecular weight excluding hydrogens is 282 g/mol. The summed E-state index contributed by atoms with van der Waals surface area (Å²) in [4.78, 5) is 0. The summed E-state index contributed by atoms with van der Waals surface area (Å²) < 4.78 is 6.31. The SMILES string of the molecule is CC(NC1CCCCC1CO)c1ccc(Br)o1. The Morgan fingerprint density at radius 3 is 2.88 bits per heavy atom. The molecule has 17 heavy (non-hydrogen) atoms. The molecule has 1 fully saturated rings. The maximum atomic E-state index is 9.38. The fourth-order valence-corrected chi connectivity index (χ4v) is 2.93.